The van der Waals surface area contributed by atoms with Crippen LogP contribution in [0.25, 0.3) is 0 Å². The monoisotopic (exact) mass is 436 g/mol. The van der Waals surface area contributed by atoms with Gasteiger partial charge in [0.05, 0.1) is 0 Å². The van der Waals surface area contributed by atoms with Crippen molar-refractivity contribution in [3.63, 3.8) is 0 Å². The van der Waals surface area contributed by atoms with Gasteiger partial charge in [0.1, 0.15) is 17.3 Å². The van der Waals surface area contributed by atoms with Gasteiger partial charge in [-0.2, -0.15) is 0 Å². The van der Waals surface area contributed by atoms with Crippen LogP contribution in [0.5, 0.6) is 11.5 Å². The van der Waals surface area contributed by atoms with Crippen LogP contribution >= 0.6 is 47.8 Å². The van der Waals surface area contributed by atoms with E-state index >= 15 is 0 Å². The Balaban J connectivity index is 2.35. The number of benzene rings is 2. The number of hydrogen-bond donors (Lipinski definition) is 0. The quantitative estimate of drug-likeness (QED) is 0.531. The Hall–Kier alpha value is -0.390. The Labute approximate surface area is 130 Å². The lowest BCUT2D eigenvalue weighted by Crippen LogP contribution is -1.90. The fourth-order valence-corrected chi connectivity index (χ4v) is 2.70. The summed E-state index contributed by atoms with van der Waals surface area (Å²) >= 11 is 10.0. The van der Waals surface area contributed by atoms with Gasteiger partial charge in [0, 0.05) is 25.9 Å². The van der Waals surface area contributed by atoms with Crippen LogP contribution in [0.3, 0.4) is 0 Å². The van der Waals surface area contributed by atoms with Crippen LogP contribution in [-0.4, -0.2) is 0 Å². The van der Waals surface area contributed by atoms with Gasteiger partial charge in [0.25, 0.3) is 0 Å². The highest BCUT2D eigenvalue weighted by molar-refractivity contribution is 9.10. The normalized spacial score (nSPS) is 10.4. The van der Waals surface area contributed by atoms with Crippen molar-refractivity contribution in [3.05, 3.63) is 56.7 Å². The van der Waals surface area contributed by atoms with Crippen molar-refractivity contribution in [1.29, 1.82) is 0 Å². The Kier molecular flexibility index (Phi) is 4.81. The second-order valence-corrected chi connectivity index (χ2v) is 5.98. The maximum Gasteiger partial charge on any atom is 0.132 e. The highest BCUT2D eigenvalue weighted by Crippen LogP contribution is 2.31. The summed E-state index contributed by atoms with van der Waals surface area (Å²) < 4.78 is 20.5. The molecule has 0 aliphatic rings. The average Bonchev–Trinajstić information content (AvgIpc) is 2.27. The summed E-state index contributed by atoms with van der Waals surface area (Å²) in [5, 5.41) is 0.673. The highest BCUT2D eigenvalue weighted by Gasteiger charge is 2.07. The highest BCUT2D eigenvalue weighted by atomic mass is 79.9. The molecule has 0 radical (unpaired) electrons. The summed E-state index contributed by atoms with van der Waals surface area (Å²) in [6.07, 6.45) is 0. The SMILES string of the molecule is Fc1cc(Br)cc(Oc2cc(Br)ccc2CBr)c1. The smallest absolute Gasteiger partial charge is 0.132 e. The van der Waals surface area contributed by atoms with E-state index in [4.69, 9.17) is 4.74 Å². The van der Waals surface area contributed by atoms with Gasteiger partial charge in [-0.3, -0.25) is 0 Å². The molecule has 0 saturated heterocycles. The van der Waals surface area contributed by atoms with E-state index in [2.05, 4.69) is 47.8 Å². The molecule has 0 aliphatic heterocycles. The summed E-state index contributed by atoms with van der Waals surface area (Å²) in [6.45, 7) is 0. The molecular formula is C13H8Br3FO. The third kappa shape index (κ3) is 3.56. The molecule has 0 saturated carbocycles. The van der Waals surface area contributed by atoms with E-state index in [1.165, 1.54) is 12.1 Å². The topological polar surface area (TPSA) is 9.23 Å². The van der Waals surface area contributed by atoms with Crippen molar-refractivity contribution in [2.45, 2.75) is 5.33 Å². The van der Waals surface area contributed by atoms with Crippen LogP contribution in [0, 0.1) is 5.82 Å². The third-order valence-corrected chi connectivity index (χ3v) is 3.79. The van der Waals surface area contributed by atoms with E-state index in [1.807, 2.05) is 18.2 Å². The molecule has 0 unspecified atom stereocenters. The molecule has 2 aromatic carbocycles. The minimum Gasteiger partial charge on any atom is -0.457 e. The van der Waals surface area contributed by atoms with Crippen molar-refractivity contribution in [2.24, 2.45) is 0 Å². The molecule has 2 rings (SSSR count). The predicted octanol–water partition coefficient (Wildman–Crippen LogP) is 6.04. The molecule has 0 aromatic heterocycles. The molecule has 2 aromatic rings. The molecule has 0 fully saturated rings. The minimum absolute atomic E-state index is 0.338. The fraction of sp³-hybridized carbons (Fsp3) is 0.0769. The number of halogens is 4. The second kappa shape index (κ2) is 6.17. The van der Waals surface area contributed by atoms with Crippen LogP contribution in [0.1, 0.15) is 5.56 Å². The first-order valence-corrected chi connectivity index (χ1v) is 7.77. The zero-order chi connectivity index (χ0) is 13.1. The number of alkyl halides is 1. The van der Waals surface area contributed by atoms with Crippen LogP contribution in [-0.2, 0) is 5.33 Å². The summed E-state index contributed by atoms with van der Waals surface area (Å²) in [5.74, 6) is 0.815. The lowest BCUT2D eigenvalue weighted by molar-refractivity contribution is 0.472. The van der Waals surface area contributed by atoms with E-state index in [0.717, 1.165) is 10.0 Å². The number of ether oxygens (including phenoxy) is 1. The molecule has 0 N–H and O–H groups in total. The van der Waals surface area contributed by atoms with Gasteiger partial charge in [-0.15, -0.1) is 0 Å². The summed E-state index contributed by atoms with van der Waals surface area (Å²) in [7, 11) is 0. The lowest BCUT2D eigenvalue weighted by Gasteiger charge is -2.10. The Morgan fingerprint density at radius 3 is 2.44 bits per heavy atom. The Morgan fingerprint density at radius 2 is 1.78 bits per heavy atom. The van der Waals surface area contributed by atoms with Crippen molar-refractivity contribution in [2.75, 3.05) is 0 Å². The maximum atomic E-state index is 13.3. The number of rotatable bonds is 3. The van der Waals surface area contributed by atoms with Gasteiger partial charge in [0.15, 0.2) is 0 Å². The van der Waals surface area contributed by atoms with E-state index in [-0.39, 0.29) is 5.82 Å². The lowest BCUT2D eigenvalue weighted by atomic mass is 10.2. The van der Waals surface area contributed by atoms with Crippen LogP contribution in [0.4, 0.5) is 4.39 Å². The zero-order valence-electron chi connectivity index (χ0n) is 9.09. The zero-order valence-corrected chi connectivity index (χ0v) is 13.8. The minimum atomic E-state index is -0.338. The molecule has 0 spiro atoms. The van der Waals surface area contributed by atoms with E-state index in [1.54, 1.807) is 6.07 Å². The van der Waals surface area contributed by atoms with Crippen LogP contribution in [0.2, 0.25) is 0 Å². The van der Waals surface area contributed by atoms with Gasteiger partial charge < -0.3 is 4.74 Å². The summed E-state index contributed by atoms with van der Waals surface area (Å²) in [6, 6.07) is 10.2. The standard InChI is InChI=1S/C13H8Br3FO/c14-7-8-1-2-9(15)5-13(8)18-12-4-10(16)3-11(17)6-12/h1-6H,7H2. The van der Waals surface area contributed by atoms with Gasteiger partial charge in [0.2, 0.25) is 0 Å². The molecule has 0 amide bonds. The molecule has 18 heavy (non-hydrogen) atoms. The predicted molar refractivity (Wildman–Crippen MR) is 80.9 cm³/mol. The molecule has 5 heteroatoms. The average molecular weight is 439 g/mol. The van der Waals surface area contributed by atoms with Crippen molar-refractivity contribution < 1.29 is 9.13 Å². The summed E-state index contributed by atoms with van der Waals surface area (Å²) in [5.41, 5.74) is 0.999. The first-order chi connectivity index (χ1) is 8.58. The second-order valence-electron chi connectivity index (χ2n) is 3.59. The van der Waals surface area contributed by atoms with Gasteiger partial charge >= 0.3 is 0 Å². The largest absolute Gasteiger partial charge is 0.457 e. The van der Waals surface area contributed by atoms with E-state index in [9.17, 15) is 4.39 Å². The summed E-state index contributed by atoms with van der Waals surface area (Å²) in [4.78, 5) is 0. The molecule has 0 aliphatic carbocycles. The van der Waals surface area contributed by atoms with Gasteiger partial charge in [-0.1, -0.05) is 53.9 Å². The molecule has 0 heterocycles. The van der Waals surface area contributed by atoms with Crippen molar-refractivity contribution >= 4 is 47.8 Å². The third-order valence-electron chi connectivity index (χ3n) is 2.24. The molecule has 0 atom stereocenters. The van der Waals surface area contributed by atoms with Gasteiger partial charge in [-0.25, -0.2) is 4.39 Å². The first kappa shape index (κ1) is 14.0. The molecule has 1 nitrogen and oxygen atoms in total. The molecule has 0 bridgehead atoms. The van der Waals surface area contributed by atoms with E-state index < -0.39 is 0 Å². The number of hydrogen-bond acceptors (Lipinski definition) is 1. The molecule has 94 valence electrons. The van der Waals surface area contributed by atoms with E-state index in [0.29, 0.717) is 21.3 Å². The van der Waals surface area contributed by atoms with Crippen molar-refractivity contribution in [1.82, 2.24) is 0 Å². The van der Waals surface area contributed by atoms with Gasteiger partial charge in [-0.05, 0) is 24.3 Å². The van der Waals surface area contributed by atoms with Crippen LogP contribution < -0.4 is 4.74 Å². The Bertz CT molecular complexity index is 552. The first-order valence-electron chi connectivity index (χ1n) is 5.07. The van der Waals surface area contributed by atoms with Crippen molar-refractivity contribution in [3.8, 4) is 11.5 Å². The Morgan fingerprint density at radius 1 is 1.00 bits per heavy atom. The maximum absolute atomic E-state index is 13.3. The van der Waals surface area contributed by atoms with Crippen LogP contribution in [0.15, 0.2) is 45.3 Å². The molecular weight excluding hydrogens is 431 g/mol. The fourth-order valence-electron chi connectivity index (χ4n) is 1.45.